The van der Waals surface area contributed by atoms with Gasteiger partial charge in [0.25, 0.3) is 10.0 Å². The van der Waals surface area contributed by atoms with E-state index < -0.39 is 15.8 Å². The number of benzene rings is 2. The highest BCUT2D eigenvalue weighted by Gasteiger charge is 2.18. The molecule has 2 N–H and O–H groups in total. The average molecular weight is 387 g/mol. The first-order valence-electron chi connectivity index (χ1n) is 8.04. The fraction of sp³-hybridized carbons (Fsp3) is 0.105. The summed E-state index contributed by atoms with van der Waals surface area (Å²) < 4.78 is 45.8. The van der Waals surface area contributed by atoms with Crippen molar-refractivity contribution in [2.75, 3.05) is 17.1 Å². The number of methoxy groups -OCH3 is 1. The lowest BCUT2D eigenvalue weighted by atomic mass is 10.2. The maximum Gasteiger partial charge on any atom is 0.263 e. The van der Waals surface area contributed by atoms with Gasteiger partial charge in [0.05, 0.1) is 29.6 Å². The molecule has 0 bridgehead atoms. The van der Waals surface area contributed by atoms with E-state index in [1.807, 2.05) is 24.3 Å². The Bertz CT molecular complexity index is 1050. The van der Waals surface area contributed by atoms with Crippen molar-refractivity contribution < 1.29 is 17.5 Å². The van der Waals surface area contributed by atoms with E-state index >= 15 is 0 Å². The van der Waals surface area contributed by atoms with Crippen molar-refractivity contribution in [3.63, 3.8) is 0 Å². The van der Waals surface area contributed by atoms with Gasteiger partial charge in [-0.15, -0.1) is 0 Å². The van der Waals surface area contributed by atoms with Crippen molar-refractivity contribution >= 4 is 27.2 Å². The Balaban J connectivity index is 1.77. The number of aryl methyl sites for hydroxylation is 1. The number of pyridine rings is 1. The standard InChI is InChI=1S/C19H18FN3O3S/c1-13-11-14(20)7-9-18(13)27(24,25)23-19-10-8-15(12-21-19)22-16-5-3-4-6-17(16)26-2/h3-12,22H,1-2H3,(H,21,23). The minimum absolute atomic E-state index is 0.00178. The fourth-order valence-corrected chi connectivity index (χ4v) is 3.77. The van der Waals surface area contributed by atoms with Crippen LogP contribution in [0.5, 0.6) is 5.75 Å². The minimum Gasteiger partial charge on any atom is -0.495 e. The summed E-state index contributed by atoms with van der Waals surface area (Å²) in [4.78, 5) is 4.12. The number of sulfonamides is 1. The van der Waals surface area contributed by atoms with Crippen LogP contribution >= 0.6 is 0 Å². The summed E-state index contributed by atoms with van der Waals surface area (Å²) in [6, 6.07) is 14.1. The topological polar surface area (TPSA) is 80.3 Å². The largest absolute Gasteiger partial charge is 0.495 e. The molecule has 2 aromatic carbocycles. The molecule has 27 heavy (non-hydrogen) atoms. The summed E-state index contributed by atoms with van der Waals surface area (Å²) in [6.07, 6.45) is 1.50. The molecule has 6 nitrogen and oxygen atoms in total. The van der Waals surface area contributed by atoms with E-state index in [0.29, 0.717) is 17.0 Å². The SMILES string of the molecule is COc1ccccc1Nc1ccc(NS(=O)(=O)c2ccc(F)cc2C)nc1. The van der Waals surface area contributed by atoms with Crippen molar-refractivity contribution in [2.45, 2.75) is 11.8 Å². The fourth-order valence-electron chi connectivity index (χ4n) is 2.54. The molecule has 3 aromatic rings. The third-order valence-corrected chi connectivity index (χ3v) is 5.33. The van der Waals surface area contributed by atoms with Crippen LogP contribution in [0.3, 0.4) is 0 Å². The molecule has 1 aromatic heterocycles. The molecule has 0 radical (unpaired) electrons. The molecule has 0 spiro atoms. The molecule has 0 aliphatic heterocycles. The Kier molecular flexibility index (Phi) is 5.27. The second-order valence-electron chi connectivity index (χ2n) is 5.77. The zero-order valence-electron chi connectivity index (χ0n) is 14.7. The van der Waals surface area contributed by atoms with Crippen LogP contribution in [-0.2, 0) is 10.0 Å². The van der Waals surface area contributed by atoms with Gasteiger partial charge < -0.3 is 10.1 Å². The van der Waals surface area contributed by atoms with Crippen LogP contribution in [0.1, 0.15) is 5.56 Å². The van der Waals surface area contributed by atoms with Gasteiger partial charge >= 0.3 is 0 Å². The molecular formula is C19H18FN3O3S. The van der Waals surface area contributed by atoms with E-state index in [-0.39, 0.29) is 10.7 Å². The highest BCUT2D eigenvalue weighted by atomic mass is 32.2. The molecule has 0 saturated carbocycles. The quantitative estimate of drug-likeness (QED) is 0.666. The molecule has 0 amide bonds. The zero-order chi connectivity index (χ0) is 19.4. The first-order valence-corrected chi connectivity index (χ1v) is 9.52. The molecule has 0 atom stereocenters. The minimum atomic E-state index is -3.86. The lowest BCUT2D eigenvalue weighted by molar-refractivity contribution is 0.417. The second kappa shape index (κ2) is 7.63. The van der Waals surface area contributed by atoms with Crippen LogP contribution in [-0.4, -0.2) is 20.5 Å². The number of anilines is 3. The summed E-state index contributed by atoms with van der Waals surface area (Å²) >= 11 is 0. The highest BCUT2D eigenvalue weighted by Crippen LogP contribution is 2.27. The third-order valence-electron chi connectivity index (χ3n) is 3.81. The number of para-hydroxylation sites is 2. The molecular weight excluding hydrogens is 369 g/mol. The summed E-state index contributed by atoms with van der Waals surface area (Å²) in [5.74, 6) is 0.342. The van der Waals surface area contributed by atoms with E-state index in [0.717, 1.165) is 11.8 Å². The summed E-state index contributed by atoms with van der Waals surface area (Å²) in [7, 11) is -2.29. The van der Waals surface area contributed by atoms with Gasteiger partial charge in [0, 0.05) is 0 Å². The molecule has 3 rings (SSSR count). The van der Waals surface area contributed by atoms with Crippen LogP contribution in [0.4, 0.5) is 21.6 Å². The number of hydrogen-bond donors (Lipinski definition) is 2. The van der Waals surface area contributed by atoms with Crippen LogP contribution in [0.2, 0.25) is 0 Å². The van der Waals surface area contributed by atoms with Gasteiger partial charge in [-0.1, -0.05) is 12.1 Å². The second-order valence-corrected chi connectivity index (χ2v) is 7.42. The highest BCUT2D eigenvalue weighted by molar-refractivity contribution is 7.92. The number of aromatic nitrogens is 1. The van der Waals surface area contributed by atoms with Crippen molar-refractivity contribution in [3.05, 3.63) is 72.2 Å². The Morgan fingerprint density at radius 2 is 1.85 bits per heavy atom. The predicted molar refractivity (Wildman–Crippen MR) is 102 cm³/mol. The van der Waals surface area contributed by atoms with Crippen molar-refractivity contribution in [1.29, 1.82) is 0 Å². The van der Waals surface area contributed by atoms with Crippen molar-refractivity contribution in [3.8, 4) is 5.75 Å². The van der Waals surface area contributed by atoms with E-state index in [4.69, 9.17) is 4.74 Å². The van der Waals surface area contributed by atoms with Gasteiger partial charge in [0.2, 0.25) is 0 Å². The van der Waals surface area contributed by atoms with E-state index in [9.17, 15) is 12.8 Å². The number of nitrogens with zero attached hydrogens (tertiary/aromatic N) is 1. The molecule has 0 aliphatic rings. The maximum atomic E-state index is 13.2. The van der Waals surface area contributed by atoms with Crippen LogP contribution in [0.25, 0.3) is 0 Å². The molecule has 0 saturated heterocycles. The third kappa shape index (κ3) is 4.35. The molecule has 0 unspecified atom stereocenters. The normalized spacial score (nSPS) is 11.1. The monoisotopic (exact) mass is 387 g/mol. The molecule has 0 fully saturated rings. The van der Waals surface area contributed by atoms with E-state index in [1.54, 1.807) is 13.2 Å². The van der Waals surface area contributed by atoms with E-state index in [1.165, 1.54) is 31.3 Å². The summed E-state index contributed by atoms with van der Waals surface area (Å²) in [5.41, 5.74) is 1.74. The smallest absolute Gasteiger partial charge is 0.263 e. The molecule has 1 heterocycles. The Hall–Kier alpha value is -3.13. The predicted octanol–water partition coefficient (Wildman–Crippen LogP) is 4.08. The van der Waals surface area contributed by atoms with Gasteiger partial charge in [0.1, 0.15) is 17.4 Å². The Morgan fingerprint density at radius 3 is 2.52 bits per heavy atom. The lowest BCUT2D eigenvalue weighted by Crippen LogP contribution is -2.15. The Labute approximate surface area is 157 Å². The van der Waals surface area contributed by atoms with Gasteiger partial charge in [-0.2, -0.15) is 0 Å². The van der Waals surface area contributed by atoms with Crippen molar-refractivity contribution in [1.82, 2.24) is 4.98 Å². The molecule has 140 valence electrons. The first kappa shape index (κ1) is 18.7. The Morgan fingerprint density at radius 1 is 1.07 bits per heavy atom. The van der Waals surface area contributed by atoms with Crippen LogP contribution < -0.4 is 14.8 Å². The molecule has 0 aliphatic carbocycles. The van der Waals surface area contributed by atoms with Gasteiger partial charge in [-0.05, 0) is 55.0 Å². The number of ether oxygens (including phenoxy) is 1. The number of rotatable bonds is 6. The zero-order valence-corrected chi connectivity index (χ0v) is 15.5. The summed E-state index contributed by atoms with van der Waals surface area (Å²) in [6.45, 7) is 1.53. The maximum absolute atomic E-state index is 13.2. The molecule has 8 heteroatoms. The van der Waals surface area contributed by atoms with Gasteiger partial charge in [0.15, 0.2) is 0 Å². The average Bonchev–Trinajstić information content (AvgIpc) is 2.63. The van der Waals surface area contributed by atoms with Crippen LogP contribution in [0.15, 0.2) is 65.7 Å². The first-order chi connectivity index (χ1) is 12.9. The number of nitrogens with one attached hydrogen (secondary N) is 2. The van der Waals surface area contributed by atoms with E-state index in [2.05, 4.69) is 15.0 Å². The van der Waals surface area contributed by atoms with Crippen LogP contribution in [0, 0.1) is 12.7 Å². The van der Waals surface area contributed by atoms with Gasteiger partial charge in [-0.3, -0.25) is 4.72 Å². The number of hydrogen-bond acceptors (Lipinski definition) is 5. The van der Waals surface area contributed by atoms with Gasteiger partial charge in [-0.25, -0.2) is 17.8 Å². The lowest BCUT2D eigenvalue weighted by Gasteiger charge is -2.12. The summed E-state index contributed by atoms with van der Waals surface area (Å²) in [5, 5.41) is 3.15. The van der Waals surface area contributed by atoms with Crippen molar-refractivity contribution in [2.24, 2.45) is 0 Å². The number of halogens is 1.